The summed E-state index contributed by atoms with van der Waals surface area (Å²) in [5, 5.41) is 11.5. The molecule has 0 N–H and O–H groups in total. The Labute approximate surface area is 156 Å². The first-order valence-electron chi connectivity index (χ1n) is 7.43. The van der Waals surface area contributed by atoms with Crippen molar-refractivity contribution in [3.05, 3.63) is 27.8 Å². The van der Waals surface area contributed by atoms with Crippen molar-refractivity contribution < 1.29 is 23.9 Å². The molecular formula is C15H17Br2NO6. The summed E-state index contributed by atoms with van der Waals surface area (Å²) in [6, 6.07) is 2.87. The number of esters is 1. The molecule has 1 saturated heterocycles. The molecule has 2 unspecified atom stereocenters. The van der Waals surface area contributed by atoms with E-state index in [1.807, 2.05) is 6.92 Å². The maximum absolute atomic E-state index is 12.0. The average molecular weight is 467 g/mol. The number of ether oxygens (including phenoxy) is 3. The van der Waals surface area contributed by atoms with E-state index in [1.165, 1.54) is 6.07 Å². The lowest BCUT2D eigenvalue weighted by atomic mass is 9.96. The Morgan fingerprint density at radius 1 is 1.33 bits per heavy atom. The van der Waals surface area contributed by atoms with Crippen LogP contribution in [0.2, 0.25) is 0 Å². The summed E-state index contributed by atoms with van der Waals surface area (Å²) in [4.78, 5) is 22.4. The molecular weight excluding hydrogens is 450 g/mol. The highest BCUT2D eigenvalue weighted by atomic mass is 79.9. The lowest BCUT2D eigenvalue weighted by molar-refractivity contribution is -0.385. The highest BCUT2D eigenvalue weighted by Gasteiger charge is 2.50. The third-order valence-corrected chi connectivity index (χ3v) is 6.67. The molecule has 132 valence electrons. The Balaban J connectivity index is 2.56. The molecule has 1 aliphatic heterocycles. The number of halogens is 2. The van der Waals surface area contributed by atoms with Gasteiger partial charge in [-0.25, -0.2) is 0 Å². The summed E-state index contributed by atoms with van der Waals surface area (Å²) in [7, 11) is 0. The zero-order valence-corrected chi connectivity index (χ0v) is 16.4. The van der Waals surface area contributed by atoms with Gasteiger partial charge in [-0.3, -0.25) is 14.9 Å². The Hall–Kier alpha value is -1.35. The summed E-state index contributed by atoms with van der Waals surface area (Å²) < 4.78 is 14.9. The molecule has 0 saturated carbocycles. The fourth-order valence-electron chi connectivity index (χ4n) is 2.45. The third kappa shape index (κ3) is 3.51. The normalized spacial score (nSPS) is 21.2. The number of carbonyl (C=O) groups is 1. The maximum atomic E-state index is 12.0. The molecule has 24 heavy (non-hydrogen) atoms. The molecule has 0 spiro atoms. The first-order valence-corrected chi connectivity index (χ1v) is 9.14. The van der Waals surface area contributed by atoms with Crippen molar-refractivity contribution in [2.24, 2.45) is 0 Å². The van der Waals surface area contributed by atoms with E-state index in [2.05, 4.69) is 31.9 Å². The zero-order valence-electron chi connectivity index (χ0n) is 13.2. The van der Waals surface area contributed by atoms with Gasteiger partial charge in [-0.05, 0) is 19.9 Å². The van der Waals surface area contributed by atoms with Crippen LogP contribution < -0.4 is 9.47 Å². The van der Waals surface area contributed by atoms with Crippen molar-refractivity contribution in [1.82, 2.24) is 0 Å². The van der Waals surface area contributed by atoms with E-state index in [0.29, 0.717) is 36.7 Å². The number of nitro benzene ring substituents is 1. The van der Waals surface area contributed by atoms with Crippen LogP contribution in [0, 0.1) is 10.1 Å². The average Bonchev–Trinajstić information content (AvgIpc) is 2.88. The standard InChI is InChI=1S/C15H17Br2NO6/c1-3-22-11-7-9(10(18(20)21)8-12(11)23-4-2)13(16)15(17)5-6-24-14(15)19/h7-8,13H,3-6H2,1-2H3. The van der Waals surface area contributed by atoms with Gasteiger partial charge in [0, 0.05) is 12.0 Å². The van der Waals surface area contributed by atoms with Crippen LogP contribution in [0.25, 0.3) is 0 Å². The van der Waals surface area contributed by atoms with E-state index >= 15 is 0 Å². The van der Waals surface area contributed by atoms with E-state index < -0.39 is 20.0 Å². The molecule has 1 aliphatic rings. The Morgan fingerprint density at radius 3 is 2.38 bits per heavy atom. The molecule has 1 aromatic rings. The quantitative estimate of drug-likeness (QED) is 0.262. The van der Waals surface area contributed by atoms with Gasteiger partial charge in [0.2, 0.25) is 0 Å². The van der Waals surface area contributed by atoms with Crippen molar-refractivity contribution in [3.63, 3.8) is 0 Å². The molecule has 9 heteroatoms. The summed E-state index contributed by atoms with van der Waals surface area (Å²) in [6.45, 7) is 4.58. The second kappa shape index (κ2) is 7.69. The Bertz CT molecular complexity index is 653. The fourth-order valence-corrected chi connectivity index (χ4v) is 3.76. The van der Waals surface area contributed by atoms with Crippen LogP contribution in [0.1, 0.15) is 30.7 Å². The Morgan fingerprint density at radius 2 is 1.92 bits per heavy atom. The highest BCUT2D eigenvalue weighted by molar-refractivity contribution is 9.12. The molecule has 0 bridgehead atoms. The van der Waals surface area contributed by atoms with E-state index in [9.17, 15) is 14.9 Å². The van der Waals surface area contributed by atoms with Crippen molar-refractivity contribution in [1.29, 1.82) is 0 Å². The highest BCUT2D eigenvalue weighted by Crippen LogP contribution is 2.51. The molecule has 0 amide bonds. The molecule has 1 heterocycles. The summed E-state index contributed by atoms with van der Waals surface area (Å²) in [5.74, 6) is 0.240. The van der Waals surface area contributed by atoms with Crippen LogP contribution in [-0.2, 0) is 9.53 Å². The first kappa shape index (κ1) is 19.0. The van der Waals surface area contributed by atoms with Crippen LogP contribution in [0.5, 0.6) is 11.5 Å². The number of benzene rings is 1. The largest absolute Gasteiger partial charge is 0.490 e. The molecule has 1 fully saturated rings. The van der Waals surface area contributed by atoms with Gasteiger partial charge < -0.3 is 14.2 Å². The van der Waals surface area contributed by atoms with Gasteiger partial charge in [-0.1, -0.05) is 31.9 Å². The molecule has 1 aromatic carbocycles. The number of hydrogen-bond acceptors (Lipinski definition) is 6. The minimum absolute atomic E-state index is 0.151. The van der Waals surface area contributed by atoms with Gasteiger partial charge in [-0.15, -0.1) is 0 Å². The van der Waals surface area contributed by atoms with Crippen LogP contribution >= 0.6 is 31.9 Å². The number of carbonyl (C=O) groups excluding carboxylic acids is 1. The van der Waals surface area contributed by atoms with Gasteiger partial charge in [0.05, 0.1) is 35.6 Å². The molecule has 0 aromatic heterocycles. The second-order valence-electron chi connectivity index (χ2n) is 5.09. The van der Waals surface area contributed by atoms with Crippen LogP contribution in [0.3, 0.4) is 0 Å². The second-order valence-corrected chi connectivity index (χ2v) is 7.42. The van der Waals surface area contributed by atoms with Crippen molar-refractivity contribution >= 4 is 43.5 Å². The number of nitro groups is 1. The van der Waals surface area contributed by atoms with Crippen LogP contribution in [0.15, 0.2) is 12.1 Å². The summed E-state index contributed by atoms with van der Waals surface area (Å²) >= 11 is 6.82. The third-order valence-electron chi connectivity index (χ3n) is 3.60. The van der Waals surface area contributed by atoms with Gasteiger partial charge in [0.1, 0.15) is 4.32 Å². The van der Waals surface area contributed by atoms with Crippen molar-refractivity contribution in [2.45, 2.75) is 29.4 Å². The topological polar surface area (TPSA) is 87.9 Å². The smallest absolute Gasteiger partial charge is 0.324 e. The lowest BCUT2D eigenvalue weighted by Crippen LogP contribution is -2.32. The molecule has 0 radical (unpaired) electrons. The minimum atomic E-state index is -1.06. The van der Waals surface area contributed by atoms with Gasteiger partial charge in [-0.2, -0.15) is 0 Å². The minimum Gasteiger partial charge on any atom is -0.490 e. The van der Waals surface area contributed by atoms with Gasteiger partial charge in [0.15, 0.2) is 11.5 Å². The van der Waals surface area contributed by atoms with Gasteiger partial charge in [0.25, 0.3) is 5.69 Å². The lowest BCUT2D eigenvalue weighted by Gasteiger charge is -2.24. The predicted molar refractivity (Wildman–Crippen MR) is 94.3 cm³/mol. The van der Waals surface area contributed by atoms with Crippen molar-refractivity contribution in [3.8, 4) is 11.5 Å². The fraction of sp³-hybridized carbons (Fsp3) is 0.533. The van der Waals surface area contributed by atoms with E-state index in [0.717, 1.165) is 0 Å². The van der Waals surface area contributed by atoms with Crippen LogP contribution in [-0.4, -0.2) is 35.0 Å². The number of hydrogen-bond donors (Lipinski definition) is 0. The molecule has 2 atom stereocenters. The SMILES string of the molecule is CCOc1cc(C(Br)C2(Br)CCOC2=O)c([N+](=O)[O-])cc1OCC. The predicted octanol–water partition coefficient (Wildman–Crippen LogP) is 3.91. The molecule has 2 rings (SSSR count). The first-order chi connectivity index (χ1) is 11.3. The number of cyclic esters (lactones) is 1. The van der Waals surface area contributed by atoms with E-state index in [4.69, 9.17) is 14.2 Å². The maximum Gasteiger partial charge on any atom is 0.324 e. The number of alkyl halides is 2. The zero-order chi connectivity index (χ0) is 17.9. The molecule has 0 aliphatic carbocycles. The Kier molecular flexibility index (Phi) is 6.08. The van der Waals surface area contributed by atoms with E-state index in [-0.39, 0.29) is 12.3 Å². The number of nitrogens with zero attached hydrogens (tertiary/aromatic N) is 1. The van der Waals surface area contributed by atoms with Gasteiger partial charge >= 0.3 is 5.97 Å². The van der Waals surface area contributed by atoms with E-state index in [1.54, 1.807) is 13.0 Å². The molecule has 7 nitrogen and oxygen atoms in total. The summed E-state index contributed by atoms with van der Waals surface area (Å²) in [6.07, 6.45) is 0.399. The van der Waals surface area contributed by atoms with Crippen molar-refractivity contribution in [2.75, 3.05) is 19.8 Å². The monoisotopic (exact) mass is 465 g/mol. The number of rotatable bonds is 7. The summed E-state index contributed by atoms with van der Waals surface area (Å²) in [5.41, 5.74) is 0.171. The van der Waals surface area contributed by atoms with Crippen LogP contribution in [0.4, 0.5) is 5.69 Å².